The molecule has 1 aromatic carbocycles. The number of ether oxygens (including phenoxy) is 1. The van der Waals surface area contributed by atoms with Crippen molar-refractivity contribution in [2.45, 2.75) is 39.7 Å². The number of aromatic nitrogens is 4. The van der Waals surface area contributed by atoms with Gasteiger partial charge < -0.3 is 10.1 Å². The molecule has 5 rings (SSSR count). The molecule has 0 saturated heterocycles. The van der Waals surface area contributed by atoms with Gasteiger partial charge in [0, 0.05) is 53.9 Å². The van der Waals surface area contributed by atoms with Crippen LogP contribution in [0.25, 0.3) is 16.8 Å². The molecule has 0 radical (unpaired) electrons. The van der Waals surface area contributed by atoms with Gasteiger partial charge in [0.15, 0.2) is 0 Å². The Hall–Kier alpha value is -3.48. The Bertz CT molecular complexity index is 1280. The zero-order chi connectivity index (χ0) is 21.5. The van der Waals surface area contributed by atoms with E-state index in [2.05, 4.69) is 29.1 Å². The molecule has 1 aliphatic heterocycles. The van der Waals surface area contributed by atoms with Crippen molar-refractivity contribution in [3.05, 3.63) is 71.2 Å². The summed E-state index contributed by atoms with van der Waals surface area (Å²) in [6.45, 7) is 7.10. The number of pyridine rings is 1. The quantitative estimate of drug-likeness (QED) is 0.500. The van der Waals surface area contributed by atoms with E-state index in [9.17, 15) is 4.39 Å². The van der Waals surface area contributed by atoms with E-state index in [0.29, 0.717) is 24.7 Å². The Morgan fingerprint density at radius 2 is 2.10 bits per heavy atom. The van der Waals surface area contributed by atoms with E-state index in [0.717, 1.165) is 45.9 Å². The van der Waals surface area contributed by atoms with Crippen LogP contribution in [0.5, 0.6) is 5.75 Å². The zero-order valence-corrected chi connectivity index (χ0v) is 17.8. The molecule has 0 saturated carbocycles. The van der Waals surface area contributed by atoms with Crippen LogP contribution < -0.4 is 10.1 Å². The van der Waals surface area contributed by atoms with Crippen LogP contribution in [-0.4, -0.2) is 26.0 Å². The molecule has 0 unspecified atom stereocenters. The average molecular weight is 417 g/mol. The normalized spacial score (nSPS) is 12.9. The summed E-state index contributed by atoms with van der Waals surface area (Å²) in [5.41, 5.74) is 6.23. The molecule has 4 heterocycles. The van der Waals surface area contributed by atoms with Gasteiger partial charge in [0.25, 0.3) is 0 Å². The van der Waals surface area contributed by atoms with Crippen molar-refractivity contribution in [1.82, 2.24) is 19.4 Å². The molecule has 1 N–H and O–H groups in total. The third-order valence-electron chi connectivity index (χ3n) is 5.67. The second kappa shape index (κ2) is 7.65. The third kappa shape index (κ3) is 3.50. The van der Waals surface area contributed by atoms with Crippen LogP contribution >= 0.6 is 0 Å². The number of halogens is 1. The van der Waals surface area contributed by atoms with Crippen LogP contribution in [0.15, 0.2) is 42.9 Å². The predicted molar refractivity (Wildman–Crippen MR) is 118 cm³/mol. The summed E-state index contributed by atoms with van der Waals surface area (Å²) in [7, 11) is 0. The number of hydrogen-bond acceptors (Lipinski definition) is 5. The number of imidazole rings is 1. The minimum atomic E-state index is -0.231. The monoisotopic (exact) mass is 417 g/mol. The van der Waals surface area contributed by atoms with Crippen molar-refractivity contribution >= 4 is 11.6 Å². The number of aryl methyl sites for hydroxylation is 1. The lowest BCUT2D eigenvalue weighted by molar-refractivity contribution is 0.356. The standard InChI is InChI=1S/C24H24FN5O/c1-14(2)21-13-30-23(29-21)18(16-6-8-26-15(3)10-16)11-27-24(30)28-12-19-17-7-9-31-22(17)5-4-20(19)25/h4-6,8,10-11,13-14H,7,9,12H2,1-3H3,(H,27,28). The number of anilines is 1. The van der Waals surface area contributed by atoms with Crippen LogP contribution in [0.2, 0.25) is 0 Å². The van der Waals surface area contributed by atoms with Crippen LogP contribution in [0.3, 0.4) is 0 Å². The van der Waals surface area contributed by atoms with Crippen molar-refractivity contribution in [2.75, 3.05) is 11.9 Å². The van der Waals surface area contributed by atoms with Gasteiger partial charge in [-0.3, -0.25) is 9.38 Å². The first-order valence-electron chi connectivity index (χ1n) is 10.5. The van der Waals surface area contributed by atoms with Crippen molar-refractivity contribution in [3.63, 3.8) is 0 Å². The molecule has 0 spiro atoms. The van der Waals surface area contributed by atoms with Crippen molar-refractivity contribution in [1.29, 1.82) is 0 Å². The summed E-state index contributed by atoms with van der Waals surface area (Å²) in [5.74, 6) is 1.43. The Balaban J connectivity index is 1.56. The first-order chi connectivity index (χ1) is 15.0. The lowest BCUT2D eigenvalue weighted by Gasteiger charge is -2.13. The van der Waals surface area contributed by atoms with Crippen LogP contribution in [0.4, 0.5) is 10.3 Å². The van der Waals surface area contributed by atoms with Gasteiger partial charge in [0.1, 0.15) is 17.2 Å². The molecule has 1 aliphatic rings. The molecule has 6 nitrogen and oxygen atoms in total. The van der Waals surface area contributed by atoms with E-state index >= 15 is 0 Å². The van der Waals surface area contributed by atoms with Gasteiger partial charge in [0.05, 0.1) is 12.3 Å². The first kappa shape index (κ1) is 19.5. The molecule has 4 aromatic rings. The molecule has 0 bridgehead atoms. The number of benzene rings is 1. The molecule has 3 aromatic heterocycles. The molecular weight excluding hydrogens is 393 g/mol. The fourth-order valence-electron chi connectivity index (χ4n) is 4.00. The van der Waals surface area contributed by atoms with Gasteiger partial charge in [0.2, 0.25) is 5.95 Å². The molecule has 0 atom stereocenters. The van der Waals surface area contributed by atoms with Gasteiger partial charge in [-0.25, -0.2) is 14.4 Å². The molecular formula is C24H24FN5O. The fraction of sp³-hybridized carbons (Fsp3) is 0.292. The number of nitrogens with one attached hydrogen (secondary N) is 1. The van der Waals surface area contributed by atoms with Crippen LogP contribution in [0, 0.1) is 12.7 Å². The smallest absolute Gasteiger partial charge is 0.208 e. The first-order valence-corrected chi connectivity index (χ1v) is 10.5. The number of rotatable bonds is 5. The highest BCUT2D eigenvalue weighted by Crippen LogP contribution is 2.31. The Labute approximate surface area is 180 Å². The summed E-state index contributed by atoms with van der Waals surface area (Å²) in [6.07, 6.45) is 6.33. The van der Waals surface area contributed by atoms with E-state index in [1.165, 1.54) is 6.07 Å². The minimum absolute atomic E-state index is 0.231. The van der Waals surface area contributed by atoms with Crippen molar-refractivity contribution in [2.24, 2.45) is 0 Å². The van der Waals surface area contributed by atoms with E-state index in [1.807, 2.05) is 35.9 Å². The third-order valence-corrected chi connectivity index (χ3v) is 5.67. The van der Waals surface area contributed by atoms with E-state index < -0.39 is 0 Å². The van der Waals surface area contributed by atoms with Crippen LogP contribution in [0.1, 0.15) is 42.3 Å². The zero-order valence-electron chi connectivity index (χ0n) is 17.8. The SMILES string of the molecule is Cc1cc(-c2cnc(NCc3c(F)ccc4c3CCO4)n3cc(C(C)C)nc23)ccn1. The molecule has 158 valence electrons. The van der Waals surface area contributed by atoms with Gasteiger partial charge in [-0.2, -0.15) is 0 Å². The molecule has 0 amide bonds. The summed E-state index contributed by atoms with van der Waals surface area (Å²) >= 11 is 0. The predicted octanol–water partition coefficient (Wildman–Crippen LogP) is 4.91. The van der Waals surface area contributed by atoms with Gasteiger partial charge >= 0.3 is 0 Å². The summed E-state index contributed by atoms with van der Waals surface area (Å²) in [4.78, 5) is 13.8. The molecule has 0 fully saturated rings. The number of nitrogens with zero attached hydrogens (tertiary/aromatic N) is 4. The van der Waals surface area contributed by atoms with E-state index in [4.69, 9.17) is 9.72 Å². The Morgan fingerprint density at radius 3 is 2.90 bits per heavy atom. The molecule has 0 aliphatic carbocycles. The van der Waals surface area contributed by atoms with E-state index in [-0.39, 0.29) is 11.7 Å². The second-order valence-electron chi connectivity index (χ2n) is 8.15. The highest BCUT2D eigenvalue weighted by atomic mass is 19.1. The Kier molecular flexibility index (Phi) is 4.81. The number of fused-ring (bicyclic) bond motifs is 2. The number of hydrogen-bond donors (Lipinski definition) is 1. The summed E-state index contributed by atoms with van der Waals surface area (Å²) < 4.78 is 22.1. The average Bonchev–Trinajstić information content (AvgIpc) is 3.40. The second-order valence-corrected chi connectivity index (χ2v) is 8.15. The summed E-state index contributed by atoms with van der Waals surface area (Å²) in [6, 6.07) is 7.15. The van der Waals surface area contributed by atoms with E-state index in [1.54, 1.807) is 12.3 Å². The molecule has 31 heavy (non-hydrogen) atoms. The van der Waals surface area contributed by atoms with Gasteiger partial charge in [-0.15, -0.1) is 0 Å². The molecule has 7 heteroatoms. The van der Waals surface area contributed by atoms with Crippen LogP contribution in [-0.2, 0) is 13.0 Å². The van der Waals surface area contributed by atoms with Crippen molar-refractivity contribution < 1.29 is 9.13 Å². The maximum atomic E-state index is 14.6. The maximum Gasteiger partial charge on any atom is 0.208 e. The lowest BCUT2D eigenvalue weighted by atomic mass is 10.0. The highest BCUT2D eigenvalue weighted by molar-refractivity contribution is 5.78. The maximum absolute atomic E-state index is 14.6. The summed E-state index contributed by atoms with van der Waals surface area (Å²) in [5, 5.41) is 3.32. The Morgan fingerprint density at radius 1 is 1.23 bits per heavy atom. The lowest BCUT2D eigenvalue weighted by Crippen LogP contribution is -2.09. The van der Waals surface area contributed by atoms with Gasteiger partial charge in [-0.1, -0.05) is 13.8 Å². The van der Waals surface area contributed by atoms with Gasteiger partial charge in [-0.05, 0) is 42.7 Å². The topological polar surface area (TPSA) is 64.3 Å². The highest BCUT2D eigenvalue weighted by Gasteiger charge is 2.20. The minimum Gasteiger partial charge on any atom is -0.493 e. The fourth-order valence-corrected chi connectivity index (χ4v) is 4.00. The largest absolute Gasteiger partial charge is 0.493 e. The van der Waals surface area contributed by atoms with Crippen molar-refractivity contribution in [3.8, 4) is 16.9 Å².